The molecule has 2 aliphatic heterocycles. The van der Waals surface area contributed by atoms with E-state index in [9.17, 15) is 9.59 Å². The quantitative estimate of drug-likeness (QED) is 0.676. The standard InChI is InChI=1S/C14H16N4O3S/c19-11(21-7-9-4-2-1-3-5-9)8-22-14-16-12-10(6-15-18-12)13(20)17-14/h1-5,10,12,15,18H,6-8H2,(H,16,17,20). The highest BCUT2D eigenvalue weighted by atomic mass is 32.2. The molecule has 0 aromatic heterocycles. The molecule has 22 heavy (non-hydrogen) atoms. The number of amides is 1. The molecule has 0 saturated carbocycles. The van der Waals surface area contributed by atoms with E-state index in [0.717, 1.165) is 5.56 Å². The van der Waals surface area contributed by atoms with Crippen LogP contribution >= 0.6 is 11.8 Å². The van der Waals surface area contributed by atoms with Gasteiger partial charge in [0.15, 0.2) is 5.17 Å². The minimum atomic E-state index is -0.342. The normalized spacial score (nSPS) is 23.5. The van der Waals surface area contributed by atoms with Crippen molar-refractivity contribution >= 4 is 28.8 Å². The minimum Gasteiger partial charge on any atom is -0.460 e. The van der Waals surface area contributed by atoms with Crippen molar-refractivity contribution in [2.75, 3.05) is 12.3 Å². The second-order valence-electron chi connectivity index (χ2n) is 4.94. The van der Waals surface area contributed by atoms with E-state index in [-0.39, 0.29) is 36.3 Å². The molecule has 1 aromatic rings. The number of carbonyl (C=O) groups excluding carboxylic acids is 2. The maximum atomic E-state index is 11.8. The van der Waals surface area contributed by atoms with Gasteiger partial charge in [-0.3, -0.25) is 15.0 Å². The van der Waals surface area contributed by atoms with Crippen LogP contribution in [-0.4, -0.2) is 35.5 Å². The van der Waals surface area contributed by atoms with Gasteiger partial charge < -0.3 is 10.1 Å². The van der Waals surface area contributed by atoms with Gasteiger partial charge in [0.2, 0.25) is 5.91 Å². The largest absolute Gasteiger partial charge is 0.460 e. The van der Waals surface area contributed by atoms with E-state index in [0.29, 0.717) is 11.7 Å². The van der Waals surface area contributed by atoms with E-state index in [1.165, 1.54) is 11.8 Å². The van der Waals surface area contributed by atoms with Gasteiger partial charge >= 0.3 is 5.97 Å². The van der Waals surface area contributed by atoms with Crippen LogP contribution in [0.25, 0.3) is 0 Å². The number of nitrogens with zero attached hydrogens (tertiary/aromatic N) is 1. The Kier molecular flexibility index (Phi) is 4.71. The van der Waals surface area contributed by atoms with Gasteiger partial charge in [-0.1, -0.05) is 42.1 Å². The zero-order valence-electron chi connectivity index (χ0n) is 11.7. The molecule has 2 unspecified atom stereocenters. The summed E-state index contributed by atoms with van der Waals surface area (Å²) in [6.07, 6.45) is -0.267. The second kappa shape index (κ2) is 6.91. The third-order valence-electron chi connectivity index (χ3n) is 3.35. The molecule has 2 atom stereocenters. The van der Waals surface area contributed by atoms with E-state index >= 15 is 0 Å². The fraction of sp³-hybridized carbons (Fsp3) is 0.357. The third kappa shape index (κ3) is 3.65. The van der Waals surface area contributed by atoms with Gasteiger partial charge in [-0.15, -0.1) is 0 Å². The Morgan fingerprint density at radius 3 is 3.00 bits per heavy atom. The van der Waals surface area contributed by atoms with Crippen LogP contribution in [0.2, 0.25) is 0 Å². The second-order valence-corrected chi connectivity index (χ2v) is 5.90. The van der Waals surface area contributed by atoms with E-state index in [1.807, 2.05) is 30.3 Å². The van der Waals surface area contributed by atoms with Crippen LogP contribution in [0.4, 0.5) is 0 Å². The maximum Gasteiger partial charge on any atom is 0.316 e. The topological polar surface area (TPSA) is 91.8 Å². The summed E-state index contributed by atoms with van der Waals surface area (Å²) in [5.74, 6) is -0.519. The van der Waals surface area contributed by atoms with Crippen LogP contribution < -0.4 is 16.2 Å². The summed E-state index contributed by atoms with van der Waals surface area (Å²) in [5, 5.41) is 3.15. The number of aliphatic imine (C=N–C) groups is 1. The van der Waals surface area contributed by atoms with Gasteiger partial charge in [0.1, 0.15) is 12.8 Å². The van der Waals surface area contributed by atoms with Crippen LogP contribution in [0, 0.1) is 5.92 Å². The number of rotatable bonds is 4. The van der Waals surface area contributed by atoms with Crippen molar-refractivity contribution in [1.82, 2.24) is 16.2 Å². The molecule has 1 amide bonds. The number of thioether (sulfide) groups is 1. The van der Waals surface area contributed by atoms with E-state index in [4.69, 9.17) is 4.74 Å². The summed E-state index contributed by atoms with van der Waals surface area (Å²) in [6, 6.07) is 9.48. The average molecular weight is 320 g/mol. The lowest BCUT2D eigenvalue weighted by atomic mass is 10.1. The molecule has 8 heteroatoms. The number of carbonyl (C=O) groups is 2. The molecule has 1 saturated heterocycles. The molecule has 2 heterocycles. The van der Waals surface area contributed by atoms with Crippen molar-refractivity contribution in [3.63, 3.8) is 0 Å². The highest BCUT2D eigenvalue weighted by Crippen LogP contribution is 2.17. The first kappa shape index (κ1) is 15.0. The molecule has 0 spiro atoms. The summed E-state index contributed by atoms with van der Waals surface area (Å²) < 4.78 is 5.18. The number of benzene rings is 1. The molecule has 0 aliphatic carbocycles. The zero-order valence-corrected chi connectivity index (χ0v) is 12.6. The molecular formula is C14H16N4O3S. The third-order valence-corrected chi connectivity index (χ3v) is 4.21. The highest BCUT2D eigenvalue weighted by Gasteiger charge is 2.36. The molecule has 1 fully saturated rings. The lowest BCUT2D eigenvalue weighted by Crippen LogP contribution is -2.46. The fourth-order valence-electron chi connectivity index (χ4n) is 2.18. The Morgan fingerprint density at radius 2 is 2.18 bits per heavy atom. The first-order valence-corrected chi connectivity index (χ1v) is 7.90. The van der Waals surface area contributed by atoms with Crippen LogP contribution in [0.15, 0.2) is 35.3 Å². The highest BCUT2D eigenvalue weighted by molar-refractivity contribution is 8.14. The van der Waals surface area contributed by atoms with Gasteiger partial charge in [-0.05, 0) is 5.56 Å². The molecule has 0 radical (unpaired) electrons. The molecule has 3 rings (SSSR count). The van der Waals surface area contributed by atoms with Gasteiger partial charge in [0.25, 0.3) is 0 Å². The monoisotopic (exact) mass is 320 g/mol. The lowest BCUT2D eigenvalue weighted by molar-refractivity contribution is -0.141. The number of ether oxygens (including phenoxy) is 1. The Bertz CT molecular complexity index is 593. The van der Waals surface area contributed by atoms with Crippen molar-refractivity contribution < 1.29 is 14.3 Å². The van der Waals surface area contributed by atoms with Gasteiger partial charge in [-0.2, -0.15) is 0 Å². The van der Waals surface area contributed by atoms with Crippen molar-refractivity contribution in [3.05, 3.63) is 35.9 Å². The van der Waals surface area contributed by atoms with Crippen molar-refractivity contribution in [2.24, 2.45) is 10.9 Å². The number of hydrogen-bond donors (Lipinski definition) is 3. The van der Waals surface area contributed by atoms with Gasteiger partial charge in [-0.25, -0.2) is 10.4 Å². The van der Waals surface area contributed by atoms with E-state index in [1.54, 1.807) is 0 Å². The van der Waals surface area contributed by atoms with E-state index in [2.05, 4.69) is 21.2 Å². The van der Waals surface area contributed by atoms with Crippen molar-refractivity contribution in [1.29, 1.82) is 0 Å². The molecule has 7 nitrogen and oxygen atoms in total. The Morgan fingerprint density at radius 1 is 1.36 bits per heavy atom. The fourth-order valence-corrected chi connectivity index (χ4v) is 2.88. The Hall–Kier alpha value is -1.90. The number of hydrazine groups is 1. The first-order valence-electron chi connectivity index (χ1n) is 6.92. The Balaban J connectivity index is 1.46. The number of hydrogen-bond acceptors (Lipinski definition) is 7. The summed E-state index contributed by atoms with van der Waals surface area (Å²) >= 11 is 1.17. The number of fused-ring (bicyclic) bond motifs is 1. The molecular weight excluding hydrogens is 304 g/mol. The van der Waals surface area contributed by atoms with Crippen LogP contribution in [-0.2, 0) is 20.9 Å². The van der Waals surface area contributed by atoms with Crippen LogP contribution in [0.1, 0.15) is 5.56 Å². The minimum absolute atomic E-state index is 0.0855. The zero-order chi connectivity index (χ0) is 15.4. The molecule has 0 bridgehead atoms. The van der Waals surface area contributed by atoms with Crippen LogP contribution in [0.3, 0.4) is 0 Å². The van der Waals surface area contributed by atoms with Gasteiger partial charge in [0, 0.05) is 6.54 Å². The smallest absolute Gasteiger partial charge is 0.316 e. The van der Waals surface area contributed by atoms with Crippen molar-refractivity contribution in [2.45, 2.75) is 12.8 Å². The number of amidine groups is 1. The average Bonchev–Trinajstić information content (AvgIpc) is 3.01. The lowest BCUT2D eigenvalue weighted by Gasteiger charge is -2.21. The molecule has 116 valence electrons. The predicted octanol–water partition coefficient (Wildman–Crippen LogP) is -0.00110. The Labute approximate surface area is 131 Å². The molecule has 1 aromatic carbocycles. The SMILES string of the molecule is O=C(CSC1=NC2NNCC2C(=O)N1)OCc1ccccc1. The first-order chi connectivity index (χ1) is 10.7. The van der Waals surface area contributed by atoms with Crippen LogP contribution in [0.5, 0.6) is 0 Å². The summed E-state index contributed by atoms with van der Waals surface area (Å²) in [5.41, 5.74) is 6.76. The molecule has 3 N–H and O–H groups in total. The number of esters is 1. The maximum absolute atomic E-state index is 11.8. The summed E-state index contributed by atoms with van der Waals surface area (Å²) in [4.78, 5) is 27.9. The van der Waals surface area contributed by atoms with E-state index < -0.39 is 0 Å². The summed E-state index contributed by atoms with van der Waals surface area (Å²) in [7, 11) is 0. The molecule has 2 aliphatic rings. The predicted molar refractivity (Wildman–Crippen MR) is 82.7 cm³/mol. The van der Waals surface area contributed by atoms with Gasteiger partial charge in [0.05, 0.1) is 11.7 Å². The van der Waals surface area contributed by atoms with Crippen molar-refractivity contribution in [3.8, 4) is 0 Å². The summed E-state index contributed by atoms with van der Waals surface area (Å²) in [6.45, 7) is 0.798. The number of nitrogens with one attached hydrogen (secondary N) is 3.